The molecule has 1 aliphatic rings. The molecule has 3 heterocycles. The van der Waals surface area contributed by atoms with Crippen LogP contribution in [0.25, 0.3) is 22.4 Å². The zero-order valence-electron chi connectivity index (χ0n) is 20.2. The highest BCUT2D eigenvalue weighted by Crippen LogP contribution is 2.39. The Morgan fingerprint density at radius 3 is 2.67 bits per heavy atom. The first kappa shape index (κ1) is 25.1. The quantitative estimate of drug-likeness (QED) is 0.214. The Labute approximate surface area is 226 Å². The number of nitrogens with one attached hydrogen (secondary N) is 2. The van der Waals surface area contributed by atoms with Crippen LogP contribution in [0.4, 0.5) is 22.9 Å². The number of rotatable bonds is 8. The highest BCUT2D eigenvalue weighted by Gasteiger charge is 2.30. The Morgan fingerprint density at radius 1 is 1.25 bits per heavy atom. The molecule has 188 valence electrons. The molecule has 1 fully saturated rings. The first-order valence-electron chi connectivity index (χ1n) is 11.3. The number of aromatic nitrogens is 5. The maximum absolute atomic E-state index is 12.5. The summed E-state index contributed by atoms with van der Waals surface area (Å²) in [5.74, 6) is 1.39. The zero-order valence-corrected chi connectivity index (χ0v) is 24.2. The number of fused-ring (bicyclic) bond motifs is 1. The fourth-order valence-electron chi connectivity index (χ4n) is 3.97. The van der Waals surface area contributed by atoms with Crippen molar-refractivity contribution < 1.29 is 9.00 Å². The largest absolute Gasteiger partial charge is 0.352 e. The lowest BCUT2D eigenvalue weighted by atomic mass is 10.1. The van der Waals surface area contributed by atoms with Crippen molar-refractivity contribution in [3.05, 3.63) is 42.6 Å². The van der Waals surface area contributed by atoms with Crippen LogP contribution in [0.5, 0.6) is 0 Å². The van der Waals surface area contributed by atoms with Gasteiger partial charge in [-0.05, 0) is 53.9 Å². The van der Waals surface area contributed by atoms with Gasteiger partial charge in [0.25, 0.3) is 0 Å². The van der Waals surface area contributed by atoms with Crippen LogP contribution in [0, 0.1) is 12.8 Å². The summed E-state index contributed by atoms with van der Waals surface area (Å²) < 4.78 is 18.2. The van der Waals surface area contributed by atoms with Crippen LogP contribution in [0.2, 0.25) is 0 Å². The number of carbonyl (C=O) groups is 1. The topological polar surface area (TPSA) is 110 Å². The van der Waals surface area contributed by atoms with Crippen molar-refractivity contribution in [1.29, 1.82) is 0 Å². The van der Waals surface area contributed by atoms with Crippen LogP contribution >= 0.6 is 28.4 Å². The zero-order chi connectivity index (χ0) is 25.6. The van der Waals surface area contributed by atoms with Crippen molar-refractivity contribution in [2.24, 2.45) is 13.0 Å². The molecule has 1 saturated carbocycles. The molecule has 10 nitrogen and oxygen atoms in total. The van der Waals surface area contributed by atoms with Gasteiger partial charge in [-0.25, -0.2) is 19.2 Å². The van der Waals surface area contributed by atoms with Gasteiger partial charge in [-0.3, -0.25) is 13.4 Å². The summed E-state index contributed by atoms with van der Waals surface area (Å²) in [4.78, 5) is 26.2. The Hall–Kier alpha value is -2.57. The van der Waals surface area contributed by atoms with E-state index in [0.717, 1.165) is 41.3 Å². The van der Waals surface area contributed by atoms with Gasteiger partial charge in [0.05, 0.1) is 41.7 Å². The number of carbonyl (C=O) groups excluding carboxylic acids is 1. The van der Waals surface area contributed by atoms with E-state index in [0.29, 0.717) is 29.0 Å². The van der Waals surface area contributed by atoms with Crippen LogP contribution in [-0.2, 0) is 22.8 Å². The molecule has 0 bridgehead atoms. The minimum atomic E-state index is -1.25. The average Bonchev–Trinajstić information content (AvgIpc) is 3.54. The van der Waals surface area contributed by atoms with Gasteiger partial charge in [-0.1, -0.05) is 6.07 Å². The molecule has 5 rings (SSSR count). The lowest BCUT2D eigenvalue weighted by molar-refractivity contribution is -0.117. The van der Waals surface area contributed by atoms with E-state index in [4.69, 9.17) is 9.97 Å². The van der Waals surface area contributed by atoms with Crippen LogP contribution in [0.1, 0.15) is 18.7 Å². The predicted molar refractivity (Wildman–Crippen MR) is 156 cm³/mol. The van der Waals surface area contributed by atoms with Crippen molar-refractivity contribution in [2.75, 3.05) is 28.2 Å². The van der Waals surface area contributed by atoms with Gasteiger partial charge in [0.2, 0.25) is 5.91 Å². The summed E-state index contributed by atoms with van der Waals surface area (Å²) in [6.45, 7) is 1.95. The lowest BCUT2D eigenvalue weighted by Crippen LogP contribution is -2.20. The third-order valence-corrected chi connectivity index (χ3v) is 9.29. The van der Waals surface area contributed by atoms with Gasteiger partial charge in [-0.2, -0.15) is 0 Å². The van der Waals surface area contributed by atoms with Crippen molar-refractivity contribution in [2.45, 2.75) is 19.8 Å². The summed E-state index contributed by atoms with van der Waals surface area (Å²) in [6.07, 6.45) is 7.43. The molecule has 4 aromatic rings. The molecule has 2 unspecified atom stereocenters. The number of amides is 1. The summed E-state index contributed by atoms with van der Waals surface area (Å²) in [5.41, 5.74) is 5.56. The van der Waals surface area contributed by atoms with E-state index in [1.165, 1.54) is 0 Å². The number of halogens is 1. The van der Waals surface area contributed by atoms with Crippen molar-refractivity contribution >= 4 is 79.4 Å². The second-order valence-corrected chi connectivity index (χ2v) is 12.2. The van der Waals surface area contributed by atoms with E-state index >= 15 is 0 Å². The number of hydrogen-bond acceptors (Lipinski definition) is 6. The van der Waals surface area contributed by atoms with Crippen LogP contribution in [-0.4, -0.2) is 47.3 Å². The van der Waals surface area contributed by atoms with Gasteiger partial charge in [0.1, 0.15) is 28.1 Å². The number of anilines is 4. The number of aryl methyl sites for hydroxylation is 2. The molecule has 2 N–H and O–H groups in total. The molecular formula is C23H26IN8O2PS. The van der Waals surface area contributed by atoms with Gasteiger partial charge in [0.15, 0.2) is 5.65 Å². The van der Waals surface area contributed by atoms with Gasteiger partial charge in [-0.15, -0.1) is 0 Å². The van der Waals surface area contributed by atoms with Crippen molar-refractivity contribution in [1.82, 2.24) is 23.9 Å². The van der Waals surface area contributed by atoms with Crippen molar-refractivity contribution in [3.8, 4) is 11.3 Å². The van der Waals surface area contributed by atoms with E-state index in [2.05, 4.69) is 37.7 Å². The lowest BCUT2D eigenvalue weighted by Gasteiger charge is -2.22. The second kappa shape index (κ2) is 10.1. The number of imidazole rings is 2. The molecule has 2 atom stereocenters. The molecule has 1 aromatic carbocycles. The molecule has 0 aliphatic heterocycles. The Kier molecular flexibility index (Phi) is 7.01. The first-order chi connectivity index (χ1) is 17.3. The molecule has 1 amide bonds. The maximum Gasteiger partial charge on any atom is 0.228 e. The molecule has 0 saturated heterocycles. The smallest absolute Gasteiger partial charge is 0.228 e. The van der Waals surface area contributed by atoms with Gasteiger partial charge in [0, 0.05) is 37.9 Å². The predicted octanol–water partition coefficient (Wildman–Crippen LogP) is 4.75. The van der Waals surface area contributed by atoms with E-state index in [1.54, 1.807) is 30.1 Å². The summed E-state index contributed by atoms with van der Waals surface area (Å²) in [6, 6.07) is 7.77. The standard InChI is InChI=1S/C23H26IN8O2PS/c1-13-26-21-17(10-20(28-22(21)32(13)35-24)29-23(33)14-5-6-14)27-16-8-7-15(19-11-25-12-30(19)2)9-18(16)31(3)36(4)34/h7-12,14,35H,5-6H2,1-4H3,(H2,27,28,29,33). The molecule has 0 spiro atoms. The van der Waals surface area contributed by atoms with E-state index in [9.17, 15) is 9.00 Å². The molecule has 13 heteroatoms. The minimum absolute atomic E-state index is 0.00478. The molecule has 3 aromatic heterocycles. The van der Waals surface area contributed by atoms with Gasteiger partial charge < -0.3 is 15.2 Å². The van der Waals surface area contributed by atoms with Crippen molar-refractivity contribution in [3.63, 3.8) is 0 Å². The normalized spacial score (nSPS) is 14.5. The first-order valence-corrected chi connectivity index (χ1v) is 16.9. The van der Waals surface area contributed by atoms with E-state index < -0.39 is 11.0 Å². The maximum atomic E-state index is 12.5. The molecule has 1 aliphatic carbocycles. The van der Waals surface area contributed by atoms with E-state index in [1.807, 2.05) is 47.1 Å². The molecule has 0 radical (unpaired) electrons. The Balaban J connectivity index is 1.61. The Morgan fingerprint density at radius 2 is 2.03 bits per heavy atom. The molecular weight excluding hydrogens is 610 g/mol. The van der Waals surface area contributed by atoms with Crippen LogP contribution < -0.4 is 14.9 Å². The number of pyridine rings is 1. The van der Waals surface area contributed by atoms with Gasteiger partial charge >= 0.3 is 0 Å². The summed E-state index contributed by atoms with van der Waals surface area (Å²) in [7, 11) is 2.49. The fourth-order valence-corrected chi connectivity index (χ4v) is 6.54. The monoisotopic (exact) mass is 636 g/mol. The third kappa shape index (κ3) is 4.85. The average molecular weight is 636 g/mol. The number of hydrogen-bond donors (Lipinski definition) is 2. The van der Waals surface area contributed by atoms with Crippen LogP contribution in [0.15, 0.2) is 36.8 Å². The highest BCUT2D eigenvalue weighted by atomic mass is 127. The summed E-state index contributed by atoms with van der Waals surface area (Å²) in [5, 5.41) is 6.47. The highest BCUT2D eigenvalue weighted by molar-refractivity contribution is 14.2. The minimum Gasteiger partial charge on any atom is -0.352 e. The number of benzene rings is 1. The number of nitrogens with zero attached hydrogens (tertiary/aromatic N) is 6. The second-order valence-electron chi connectivity index (χ2n) is 8.74. The van der Waals surface area contributed by atoms with E-state index in [-0.39, 0.29) is 11.8 Å². The Bertz CT molecular complexity index is 1500. The van der Waals surface area contributed by atoms with Crippen LogP contribution in [0.3, 0.4) is 0 Å². The molecule has 36 heavy (non-hydrogen) atoms. The summed E-state index contributed by atoms with van der Waals surface area (Å²) >= 11 is 2.30. The fraction of sp³-hybridized carbons (Fsp3) is 0.304. The SMILES string of the molecule is Cc1nc2c(Nc3ccc(-c4cncn4C)cc3N(C)S(C)=O)cc(NC(=O)C3CC3)nc2n1PI. The third-order valence-electron chi connectivity index (χ3n) is 6.17.